The van der Waals surface area contributed by atoms with E-state index in [1.165, 1.54) is 0 Å². The fourth-order valence-corrected chi connectivity index (χ4v) is 2.87. The summed E-state index contributed by atoms with van der Waals surface area (Å²) in [6.07, 6.45) is -2.87. The van der Waals surface area contributed by atoms with Gasteiger partial charge in [0.05, 0.1) is 5.92 Å². The lowest BCUT2D eigenvalue weighted by Gasteiger charge is -2.35. The Balaban J connectivity index is 2.65. The first-order valence-electron chi connectivity index (χ1n) is 7.53. The number of alkyl halides is 3. The number of aliphatic hydroxyl groups is 1. The number of aliphatic hydroxyl groups excluding tert-OH is 1. The second-order valence-corrected chi connectivity index (χ2v) is 7.04. The molecule has 124 valence electrons. The number of nitrogens with one attached hydrogen (secondary N) is 1. The SMILES string of the molecule is CC(C)(C)C(CCO)NC(=O)C1CCCC(C(F)(F)F)C1. The summed E-state index contributed by atoms with van der Waals surface area (Å²) < 4.78 is 38.4. The summed E-state index contributed by atoms with van der Waals surface area (Å²) in [5, 5.41) is 11.9. The molecule has 3 nitrogen and oxygen atoms in total. The lowest BCUT2D eigenvalue weighted by atomic mass is 9.79. The maximum absolute atomic E-state index is 12.8. The number of halogens is 3. The van der Waals surface area contributed by atoms with E-state index in [2.05, 4.69) is 5.32 Å². The molecule has 3 unspecified atom stereocenters. The van der Waals surface area contributed by atoms with Crippen molar-refractivity contribution in [1.82, 2.24) is 5.32 Å². The zero-order valence-electron chi connectivity index (χ0n) is 13.0. The van der Waals surface area contributed by atoms with E-state index < -0.39 is 18.0 Å². The molecular weight excluding hydrogens is 283 g/mol. The van der Waals surface area contributed by atoms with Gasteiger partial charge < -0.3 is 10.4 Å². The van der Waals surface area contributed by atoms with E-state index in [9.17, 15) is 18.0 Å². The highest BCUT2D eigenvalue weighted by Gasteiger charge is 2.44. The monoisotopic (exact) mass is 309 g/mol. The van der Waals surface area contributed by atoms with Gasteiger partial charge in [0.25, 0.3) is 0 Å². The van der Waals surface area contributed by atoms with E-state index in [0.717, 1.165) is 0 Å². The third-order valence-electron chi connectivity index (χ3n) is 4.29. The van der Waals surface area contributed by atoms with Gasteiger partial charge in [-0.15, -0.1) is 0 Å². The third-order valence-corrected chi connectivity index (χ3v) is 4.29. The molecule has 1 amide bonds. The number of hydrogen-bond donors (Lipinski definition) is 2. The Morgan fingerprint density at radius 1 is 1.29 bits per heavy atom. The van der Waals surface area contributed by atoms with Crippen LogP contribution in [0.5, 0.6) is 0 Å². The van der Waals surface area contributed by atoms with Crippen molar-refractivity contribution in [2.75, 3.05) is 6.61 Å². The number of hydrogen-bond acceptors (Lipinski definition) is 2. The van der Waals surface area contributed by atoms with Crippen molar-refractivity contribution in [2.24, 2.45) is 17.3 Å². The van der Waals surface area contributed by atoms with E-state index in [4.69, 9.17) is 5.11 Å². The summed E-state index contributed by atoms with van der Waals surface area (Å²) in [5.74, 6) is -2.25. The molecule has 0 saturated heterocycles. The van der Waals surface area contributed by atoms with E-state index in [1.807, 2.05) is 20.8 Å². The van der Waals surface area contributed by atoms with E-state index in [-0.39, 0.29) is 36.8 Å². The fourth-order valence-electron chi connectivity index (χ4n) is 2.87. The molecule has 0 heterocycles. The average molecular weight is 309 g/mol. The average Bonchev–Trinajstić information content (AvgIpc) is 2.36. The van der Waals surface area contributed by atoms with Crippen molar-refractivity contribution >= 4 is 5.91 Å². The summed E-state index contributed by atoms with van der Waals surface area (Å²) in [6, 6.07) is -0.235. The van der Waals surface area contributed by atoms with Crippen molar-refractivity contribution in [2.45, 2.75) is 65.1 Å². The highest BCUT2D eigenvalue weighted by atomic mass is 19.4. The third kappa shape index (κ3) is 5.49. The number of rotatable bonds is 4. The van der Waals surface area contributed by atoms with Gasteiger partial charge in [-0.25, -0.2) is 0 Å². The first kappa shape index (κ1) is 18.3. The summed E-state index contributed by atoms with van der Waals surface area (Å²) in [4.78, 5) is 12.2. The van der Waals surface area contributed by atoms with E-state index in [1.54, 1.807) is 0 Å². The van der Waals surface area contributed by atoms with Crippen LogP contribution in [0.3, 0.4) is 0 Å². The molecule has 1 saturated carbocycles. The van der Waals surface area contributed by atoms with Gasteiger partial charge in [0.15, 0.2) is 0 Å². The van der Waals surface area contributed by atoms with Crippen molar-refractivity contribution in [3.05, 3.63) is 0 Å². The van der Waals surface area contributed by atoms with Crippen molar-refractivity contribution in [1.29, 1.82) is 0 Å². The molecule has 21 heavy (non-hydrogen) atoms. The van der Waals surface area contributed by atoms with E-state index in [0.29, 0.717) is 19.3 Å². The summed E-state index contributed by atoms with van der Waals surface area (Å²) in [7, 11) is 0. The minimum Gasteiger partial charge on any atom is -0.396 e. The predicted octanol–water partition coefficient (Wildman–Crippen LogP) is 3.27. The fraction of sp³-hybridized carbons (Fsp3) is 0.933. The second-order valence-electron chi connectivity index (χ2n) is 7.04. The molecule has 1 fully saturated rings. The number of carbonyl (C=O) groups is 1. The summed E-state index contributed by atoms with van der Waals surface area (Å²) >= 11 is 0. The maximum atomic E-state index is 12.8. The minimum atomic E-state index is -4.21. The molecule has 2 N–H and O–H groups in total. The molecule has 0 spiro atoms. The van der Waals surface area contributed by atoms with Crippen LogP contribution in [-0.4, -0.2) is 29.8 Å². The quantitative estimate of drug-likeness (QED) is 0.837. The zero-order valence-corrected chi connectivity index (χ0v) is 13.0. The topological polar surface area (TPSA) is 49.3 Å². The van der Waals surface area contributed by atoms with Crippen LogP contribution >= 0.6 is 0 Å². The largest absolute Gasteiger partial charge is 0.396 e. The summed E-state index contributed by atoms with van der Waals surface area (Å²) in [6.45, 7) is 5.76. The van der Waals surface area contributed by atoms with Gasteiger partial charge in [0, 0.05) is 18.6 Å². The molecule has 1 rings (SSSR count). The van der Waals surface area contributed by atoms with Crippen molar-refractivity contribution in [3.63, 3.8) is 0 Å². The van der Waals surface area contributed by atoms with Crippen LogP contribution in [0.1, 0.15) is 52.9 Å². The van der Waals surface area contributed by atoms with Gasteiger partial charge in [-0.1, -0.05) is 27.2 Å². The Morgan fingerprint density at radius 2 is 1.90 bits per heavy atom. The molecule has 0 aromatic carbocycles. The highest BCUT2D eigenvalue weighted by molar-refractivity contribution is 5.79. The first-order chi connectivity index (χ1) is 9.55. The Hall–Kier alpha value is -0.780. The molecule has 1 aliphatic carbocycles. The normalized spacial score (nSPS) is 25.5. The van der Waals surface area contributed by atoms with Crippen LogP contribution in [-0.2, 0) is 4.79 Å². The van der Waals surface area contributed by atoms with E-state index >= 15 is 0 Å². The van der Waals surface area contributed by atoms with Crippen LogP contribution in [0, 0.1) is 17.3 Å². The van der Waals surface area contributed by atoms with Crippen molar-refractivity contribution in [3.8, 4) is 0 Å². The van der Waals surface area contributed by atoms with Crippen LogP contribution in [0.25, 0.3) is 0 Å². The van der Waals surface area contributed by atoms with Crippen LogP contribution in [0.2, 0.25) is 0 Å². The number of amides is 1. The standard InChI is InChI=1S/C15H26F3NO2/c1-14(2,3)12(7-8-20)19-13(21)10-5-4-6-11(9-10)15(16,17)18/h10-12,20H,4-9H2,1-3H3,(H,19,21). The molecule has 0 radical (unpaired) electrons. The molecule has 0 aromatic heterocycles. The van der Waals surface area contributed by atoms with Gasteiger partial charge in [-0.3, -0.25) is 4.79 Å². The maximum Gasteiger partial charge on any atom is 0.391 e. The Bertz CT molecular complexity index is 350. The highest BCUT2D eigenvalue weighted by Crippen LogP contribution is 2.40. The molecule has 0 bridgehead atoms. The lowest BCUT2D eigenvalue weighted by Crippen LogP contribution is -2.47. The molecule has 0 aromatic rings. The smallest absolute Gasteiger partial charge is 0.391 e. The first-order valence-corrected chi connectivity index (χ1v) is 7.53. The van der Waals surface area contributed by atoms with Gasteiger partial charge >= 0.3 is 6.18 Å². The Kier molecular flexibility index (Phi) is 6.08. The molecular formula is C15H26F3NO2. The molecule has 0 aliphatic heterocycles. The van der Waals surface area contributed by atoms with Crippen LogP contribution in [0.4, 0.5) is 13.2 Å². The van der Waals surface area contributed by atoms with Gasteiger partial charge in [0.1, 0.15) is 0 Å². The summed E-state index contributed by atoms with van der Waals surface area (Å²) in [5.41, 5.74) is -0.240. The van der Waals surface area contributed by atoms with Crippen molar-refractivity contribution < 1.29 is 23.1 Å². The molecule has 1 aliphatic rings. The van der Waals surface area contributed by atoms with Crippen LogP contribution in [0.15, 0.2) is 0 Å². The lowest BCUT2D eigenvalue weighted by molar-refractivity contribution is -0.186. The van der Waals surface area contributed by atoms with Gasteiger partial charge in [-0.05, 0) is 31.1 Å². The Morgan fingerprint density at radius 3 is 2.38 bits per heavy atom. The van der Waals surface area contributed by atoms with Crippen LogP contribution < -0.4 is 5.32 Å². The second kappa shape index (κ2) is 6.99. The Labute approximate surface area is 124 Å². The van der Waals surface area contributed by atoms with Gasteiger partial charge in [0.2, 0.25) is 5.91 Å². The van der Waals surface area contributed by atoms with Gasteiger partial charge in [-0.2, -0.15) is 13.2 Å². The molecule has 6 heteroatoms. The predicted molar refractivity (Wildman–Crippen MR) is 74.6 cm³/mol. The number of carbonyl (C=O) groups excluding carboxylic acids is 1. The minimum absolute atomic E-state index is 0.0575. The molecule has 3 atom stereocenters. The zero-order chi connectivity index (χ0) is 16.3.